The quantitative estimate of drug-likeness (QED) is 0.170. The summed E-state index contributed by atoms with van der Waals surface area (Å²) in [6.45, 7) is 8.43. The van der Waals surface area contributed by atoms with Crippen LogP contribution in [0.25, 0.3) is 6.08 Å². The van der Waals surface area contributed by atoms with E-state index in [-0.39, 0.29) is 5.78 Å². The Labute approximate surface area is 191 Å². The van der Waals surface area contributed by atoms with Crippen LogP contribution in [0.2, 0.25) is 0 Å². The molecule has 1 nitrogen and oxygen atoms in total. The summed E-state index contributed by atoms with van der Waals surface area (Å²) in [5.74, 6) is 0.0787. The highest BCUT2D eigenvalue weighted by atomic mass is 16.1. The van der Waals surface area contributed by atoms with Gasteiger partial charge in [0.05, 0.1) is 0 Å². The zero-order valence-corrected chi connectivity index (χ0v) is 20.3. The number of hydrogen-bond donors (Lipinski definition) is 0. The second kappa shape index (κ2) is 14.0. The number of aryl methyl sites for hydroxylation is 4. The summed E-state index contributed by atoms with van der Waals surface area (Å²) in [5, 5.41) is 0. The molecule has 0 radical (unpaired) electrons. The van der Waals surface area contributed by atoms with Crippen molar-refractivity contribution in [1.29, 1.82) is 0 Å². The standard InChI is InChI=1S/C30H42O/c1-5-6-7-8-9-10-11-12-13-14-15-27-16-18-28(19-17-27)20-21-30(31)29-23-25(3)24(2)22-26(29)4/h16-23H,5-15H2,1-4H3. The maximum Gasteiger partial charge on any atom is 0.186 e. The van der Waals surface area contributed by atoms with Crippen LogP contribution in [0.1, 0.15) is 109 Å². The van der Waals surface area contributed by atoms with E-state index in [0.29, 0.717) is 0 Å². The number of unbranched alkanes of at least 4 members (excludes halogenated alkanes) is 9. The van der Waals surface area contributed by atoms with Gasteiger partial charge in [-0.05, 0) is 73.6 Å². The van der Waals surface area contributed by atoms with E-state index in [9.17, 15) is 4.79 Å². The first-order valence-electron chi connectivity index (χ1n) is 12.4. The van der Waals surface area contributed by atoms with Gasteiger partial charge >= 0.3 is 0 Å². The Morgan fingerprint density at radius 1 is 0.710 bits per heavy atom. The molecule has 2 rings (SSSR count). The van der Waals surface area contributed by atoms with E-state index in [2.05, 4.69) is 51.1 Å². The van der Waals surface area contributed by atoms with E-state index in [1.807, 2.05) is 19.1 Å². The molecule has 0 fully saturated rings. The van der Waals surface area contributed by atoms with Gasteiger partial charge in [0.1, 0.15) is 0 Å². The highest BCUT2D eigenvalue weighted by Gasteiger charge is 2.08. The Hall–Kier alpha value is -2.15. The third-order valence-corrected chi connectivity index (χ3v) is 6.33. The summed E-state index contributed by atoms with van der Waals surface area (Å²) in [4.78, 5) is 12.6. The van der Waals surface area contributed by atoms with Gasteiger partial charge in [-0.2, -0.15) is 0 Å². The van der Waals surface area contributed by atoms with Gasteiger partial charge in [-0.1, -0.05) is 101 Å². The summed E-state index contributed by atoms with van der Waals surface area (Å²) in [5.41, 5.74) is 6.73. The number of benzene rings is 2. The average molecular weight is 419 g/mol. The van der Waals surface area contributed by atoms with Gasteiger partial charge in [-0.3, -0.25) is 4.79 Å². The predicted molar refractivity (Wildman–Crippen MR) is 136 cm³/mol. The Morgan fingerprint density at radius 2 is 1.26 bits per heavy atom. The fraction of sp³-hybridized carbons (Fsp3) is 0.500. The fourth-order valence-electron chi connectivity index (χ4n) is 4.10. The van der Waals surface area contributed by atoms with Gasteiger partial charge in [0.15, 0.2) is 5.78 Å². The lowest BCUT2D eigenvalue weighted by molar-refractivity contribution is 0.104. The normalized spacial score (nSPS) is 11.4. The third kappa shape index (κ3) is 9.25. The van der Waals surface area contributed by atoms with Gasteiger partial charge < -0.3 is 0 Å². The minimum atomic E-state index is 0.0787. The molecule has 2 aromatic rings. The first-order valence-corrected chi connectivity index (χ1v) is 12.4. The van der Waals surface area contributed by atoms with Gasteiger partial charge in [0, 0.05) is 5.56 Å². The van der Waals surface area contributed by atoms with E-state index in [1.54, 1.807) is 6.08 Å². The van der Waals surface area contributed by atoms with Gasteiger partial charge in [-0.25, -0.2) is 0 Å². The van der Waals surface area contributed by atoms with Crippen molar-refractivity contribution in [2.24, 2.45) is 0 Å². The van der Waals surface area contributed by atoms with Gasteiger partial charge in [0.25, 0.3) is 0 Å². The maximum absolute atomic E-state index is 12.6. The van der Waals surface area contributed by atoms with Crippen LogP contribution in [0.15, 0.2) is 42.5 Å². The molecule has 0 aliphatic rings. The topological polar surface area (TPSA) is 17.1 Å². The lowest BCUT2D eigenvalue weighted by atomic mass is 9.97. The number of ketones is 1. The summed E-state index contributed by atoms with van der Waals surface area (Å²) in [7, 11) is 0. The SMILES string of the molecule is CCCCCCCCCCCCc1ccc(C=CC(=O)c2cc(C)c(C)cc2C)cc1. The van der Waals surface area contributed by atoms with Crippen molar-refractivity contribution in [3.05, 3.63) is 75.9 Å². The highest BCUT2D eigenvalue weighted by molar-refractivity contribution is 6.07. The van der Waals surface area contributed by atoms with Crippen molar-refractivity contribution in [1.82, 2.24) is 0 Å². The molecule has 0 saturated carbocycles. The lowest BCUT2D eigenvalue weighted by Gasteiger charge is -2.07. The van der Waals surface area contributed by atoms with E-state index in [1.165, 1.54) is 80.9 Å². The first kappa shape index (κ1) is 25.1. The molecule has 0 spiro atoms. The molecule has 0 amide bonds. The number of rotatable bonds is 14. The van der Waals surface area contributed by atoms with Crippen LogP contribution in [-0.4, -0.2) is 5.78 Å². The van der Waals surface area contributed by atoms with Crippen LogP contribution in [0.4, 0.5) is 0 Å². The van der Waals surface area contributed by atoms with Crippen molar-refractivity contribution in [3.8, 4) is 0 Å². The minimum absolute atomic E-state index is 0.0787. The van der Waals surface area contributed by atoms with Crippen LogP contribution < -0.4 is 0 Å². The van der Waals surface area contributed by atoms with Crippen molar-refractivity contribution < 1.29 is 4.79 Å². The lowest BCUT2D eigenvalue weighted by Crippen LogP contribution is -2.00. The van der Waals surface area contributed by atoms with E-state index < -0.39 is 0 Å². The number of carbonyl (C=O) groups is 1. The zero-order chi connectivity index (χ0) is 22.5. The molecule has 168 valence electrons. The summed E-state index contributed by atoms with van der Waals surface area (Å²) >= 11 is 0. The van der Waals surface area contributed by atoms with E-state index in [4.69, 9.17) is 0 Å². The molecular weight excluding hydrogens is 376 g/mol. The zero-order valence-electron chi connectivity index (χ0n) is 20.3. The second-order valence-electron chi connectivity index (χ2n) is 9.12. The highest BCUT2D eigenvalue weighted by Crippen LogP contribution is 2.17. The molecule has 0 bridgehead atoms. The molecule has 0 aliphatic carbocycles. The molecule has 0 saturated heterocycles. The predicted octanol–water partition coefficient (Wildman–Crippen LogP) is 8.97. The second-order valence-corrected chi connectivity index (χ2v) is 9.12. The van der Waals surface area contributed by atoms with E-state index >= 15 is 0 Å². The Kier molecular flexibility index (Phi) is 11.4. The van der Waals surface area contributed by atoms with Crippen molar-refractivity contribution in [2.45, 2.75) is 98.3 Å². The summed E-state index contributed by atoms with van der Waals surface area (Å²) in [6.07, 6.45) is 18.6. The van der Waals surface area contributed by atoms with Crippen LogP contribution >= 0.6 is 0 Å². The van der Waals surface area contributed by atoms with Crippen molar-refractivity contribution in [3.63, 3.8) is 0 Å². The largest absolute Gasteiger partial charge is 0.289 e. The number of carbonyl (C=O) groups excluding carboxylic acids is 1. The summed E-state index contributed by atoms with van der Waals surface area (Å²) in [6, 6.07) is 12.8. The molecule has 0 atom stereocenters. The number of allylic oxidation sites excluding steroid dienone is 1. The monoisotopic (exact) mass is 418 g/mol. The summed E-state index contributed by atoms with van der Waals surface area (Å²) < 4.78 is 0. The van der Waals surface area contributed by atoms with E-state index in [0.717, 1.165) is 23.1 Å². The Balaban J connectivity index is 1.70. The minimum Gasteiger partial charge on any atom is -0.289 e. The molecule has 1 heteroatoms. The first-order chi connectivity index (χ1) is 15.0. The third-order valence-electron chi connectivity index (χ3n) is 6.33. The smallest absolute Gasteiger partial charge is 0.186 e. The van der Waals surface area contributed by atoms with Crippen molar-refractivity contribution in [2.75, 3.05) is 0 Å². The molecule has 0 N–H and O–H groups in total. The van der Waals surface area contributed by atoms with Gasteiger partial charge in [-0.15, -0.1) is 0 Å². The molecule has 2 aromatic carbocycles. The van der Waals surface area contributed by atoms with Crippen LogP contribution in [0.3, 0.4) is 0 Å². The van der Waals surface area contributed by atoms with Crippen LogP contribution in [0.5, 0.6) is 0 Å². The van der Waals surface area contributed by atoms with Crippen LogP contribution in [-0.2, 0) is 6.42 Å². The average Bonchev–Trinajstić information content (AvgIpc) is 2.76. The fourth-order valence-corrected chi connectivity index (χ4v) is 4.10. The molecule has 31 heavy (non-hydrogen) atoms. The molecule has 0 unspecified atom stereocenters. The molecule has 0 heterocycles. The molecule has 0 aliphatic heterocycles. The maximum atomic E-state index is 12.6. The Bertz CT molecular complexity index is 826. The number of hydrogen-bond acceptors (Lipinski definition) is 1. The van der Waals surface area contributed by atoms with Crippen molar-refractivity contribution >= 4 is 11.9 Å². The Morgan fingerprint density at radius 3 is 1.87 bits per heavy atom. The van der Waals surface area contributed by atoms with Gasteiger partial charge in [0.2, 0.25) is 0 Å². The molecular formula is C30H42O. The van der Waals surface area contributed by atoms with Crippen LogP contribution in [0, 0.1) is 20.8 Å². The molecule has 0 aromatic heterocycles.